The molecule has 35 heavy (non-hydrogen) atoms. The summed E-state index contributed by atoms with van der Waals surface area (Å²) in [4.78, 5) is 26.9. The van der Waals surface area contributed by atoms with Crippen molar-refractivity contribution in [2.45, 2.75) is 89.9 Å². The lowest BCUT2D eigenvalue weighted by molar-refractivity contribution is -0.132. The van der Waals surface area contributed by atoms with E-state index in [4.69, 9.17) is 14.7 Å². The summed E-state index contributed by atoms with van der Waals surface area (Å²) in [6, 6.07) is 2.41. The van der Waals surface area contributed by atoms with Crippen molar-refractivity contribution >= 4 is 11.7 Å². The molecule has 0 spiro atoms. The molecule has 1 aliphatic heterocycles. The van der Waals surface area contributed by atoms with Crippen LogP contribution in [0.4, 0.5) is 5.82 Å². The lowest BCUT2D eigenvalue weighted by atomic mass is 9.80. The number of nitrogens with one attached hydrogen (secondary N) is 1. The first kappa shape index (κ1) is 26.3. The molecular weight excluding hydrogens is 442 g/mol. The van der Waals surface area contributed by atoms with Crippen LogP contribution in [0.25, 0.3) is 0 Å². The van der Waals surface area contributed by atoms with Gasteiger partial charge in [0.15, 0.2) is 0 Å². The van der Waals surface area contributed by atoms with Gasteiger partial charge in [0.25, 0.3) is 0 Å². The van der Waals surface area contributed by atoms with Gasteiger partial charge in [0.05, 0.1) is 18.4 Å². The van der Waals surface area contributed by atoms with E-state index in [-0.39, 0.29) is 23.3 Å². The Hall–Kier alpha value is -1.77. The van der Waals surface area contributed by atoms with E-state index in [9.17, 15) is 9.90 Å². The molecule has 0 atom stereocenters. The third-order valence-electron chi connectivity index (χ3n) is 7.96. The number of methoxy groups -OCH3 is 1. The van der Waals surface area contributed by atoms with Gasteiger partial charge in [0.1, 0.15) is 11.6 Å². The molecule has 8 nitrogen and oxygen atoms in total. The van der Waals surface area contributed by atoms with E-state index in [0.29, 0.717) is 25.5 Å². The number of nitrogens with zero attached hydrogens (tertiary/aromatic N) is 4. The number of aliphatic hydroxyl groups is 1. The molecule has 0 bridgehead atoms. The van der Waals surface area contributed by atoms with Crippen molar-refractivity contribution in [3.05, 3.63) is 17.6 Å². The fourth-order valence-electron chi connectivity index (χ4n) is 5.48. The molecule has 0 radical (unpaired) electrons. The van der Waals surface area contributed by atoms with Gasteiger partial charge in [-0.05, 0) is 57.4 Å². The maximum atomic E-state index is 12.3. The minimum atomic E-state index is -0.265. The predicted molar refractivity (Wildman–Crippen MR) is 137 cm³/mol. The van der Waals surface area contributed by atoms with E-state index >= 15 is 0 Å². The summed E-state index contributed by atoms with van der Waals surface area (Å²) >= 11 is 0. The number of hydrogen-bond acceptors (Lipinski definition) is 7. The third kappa shape index (κ3) is 7.14. The van der Waals surface area contributed by atoms with Crippen LogP contribution in [0.15, 0.2) is 6.07 Å². The van der Waals surface area contributed by atoms with Gasteiger partial charge in [0, 0.05) is 56.7 Å². The Morgan fingerprint density at radius 2 is 1.80 bits per heavy atom. The van der Waals surface area contributed by atoms with Crippen LogP contribution in [-0.2, 0) is 21.6 Å². The van der Waals surface area contributed by atoms with E-state index in [1.165, 1.54) is 19.3 Å². The zero-order chi connectivity index (χ0) is 25.0. The SMILES string of the molecule is COCc1cc(N2CCN(CC[C@H]3CC[C@H](NC(=O)[C@H]4C[C@@H](O)C4)CC3)CC2)nc(C(C)(C)C)n1. The molecule has 1 aromatic heterocycles. The summed E-state index contributed by atoms with van der Waals surface area (Å²) in [5, 5.41) is 12.6. The van der Waals surface area contributed by atoms with E-state index < -0.39 is 0 Å². The number of carbonyl (C=O) groups is 1. The number of rotatable bonds is 8. The van der Waals surface area contributed by atoms with E-state index in [1.54, 1.807) is 7.11 Å². The Morgan fingerprint density at radius 3 is 2.40 bits per heavy atom. The molecule has 2 N–H and O–H groups in total. The van der Waals surface area contributed by atoms with Crippen molar-refractivity contribution in [2.75, 3.05) is 44.7 Å². The van der Waals surface area contributed by atoms with Crippen LogP contribution in [0.5, 0.6) is 0 Å². The van der Waals surface area contributed by atoms with Crippen molar-refractivity contribution in [2.24, 2.45) is 11.8 Å². The molecule has 1 amide bonds. The summed E-state index contributed by atoms with van der Waals surface area (Å²) in [5.74, 6) is 2.86. The average molecular weight is 488 g/mol. The van der Waals surface area contributed by atoms with E-state index in [0.717, 1.165) is 68.8 Å². The monoisotopic (exact) mass is 487 g/mol. The number of aliphatic hydroxyl groups excluding tert-OH is 1. The standard InChI is InChI=1S/C27H45N5O3/c1-27(2,3)26-29-22(18-35-4)17-24(30-26)32-13-11-31(12-14-32)10-9-19-5-7-21(8-6-19)28-25(34)20-15-23(33)16-20/h17,19-21,23,33H,5-16,18H2,1-4H3,(H,28,34)/t19-,20-,21-,23+. The Kier molecular flexibility index (Phi) is 8.66. The molecule has 0 unspecified atom stereocenters. The second-order valence-electron chi connectivity index (χ2n) is 11.9. The molecule has 4 rings (SSSR count). The topological polar surface area (TPSA) is 90.8 Å². The highest BCUT2D eigenvalue weighted by Gasteiger charge is 2.34. The van der Waals surface area contributed by atoms with Crippen molar-refractivity contribution in [3.8, 4) is 0 Å². The van der Waals surface area contributed by atoms with Crippen LogP contribution in [0.3, 0.4) is 0 Å². The maximum Gasteiger partial charge on any atom is 0.223 e. The zero-order valence-electron chi connectivity index (χ0n) is 22.1. The zero-order valence-corrected chi connectivity index (χ0v) is 22.1. The van der Waals surface area contributed by atoms with Crippen LogP contribution in [0.1, 0.15) is 77.2 Å². The number of aromatic nitrogens is 2. The smallest absolute Gasteiger partial charge is 0.223 e. The predicted octanol–water partition coefficient (Wildman–Crippen LogP) is 2.88. The molecular formula is C27H45N5O3. The van der Waals surface area contributed by atoms with Crippen LogP contribution >= 0.6 is 0 Å². The van der Waals surface area contributed by atoms with Gasteiger partial charge in [0.2, 0.25) is 5.91 Å². The molecule has 1 aromatic rings. The number of carbonyl (C=O) groups excluding carboxylic acids is 1. The lowest BCUT2D eigenvalue weighted by Crippen LogP contribution is -2.47. The minimum absolute atomic E-state index is 0.0374. The Bertz CT molecular complexity index is 836. The largest absolute Gasteiger partial charge is 0.393 e. The number of amides is 1. The summed E-state index contributed by atoms with van der Waals surface area (Å²) in [5.41, 5.74) is 0.851. The Morgan fingerprint density at radius 1 is 1.11 bits per heavy atom. The van der Waals surface area contributed by atoms with E-state index in [2.05, 4.69) is 42.0 Å². The van der Waals surface area contributed by atoms with E-state index in [1.807, 2.05) is 0 Å². The molecule has 3 aliphatic rings. The highest BCUT2D eigenvalue weighted by molar-refractivity contribution is 5.79. The van der Waals surface area contributed by atoms with Gasteiger partial charge < -0.3 is 20.1 Å². The highest BCUT2D eigenvalue weighted by Crippen LogP contribution is 2.30. The lowest BCUT2D eigenvalue weighted by Gasteiger charge is -2.37. The normalized spacial score (nSPS) is 28.0. The van der Waals surface area contributed by atoms with Crippen LogP contribution in [0.2, 0.25) is 0 Å². The highest BCUT2D eigenvalue weighted by atomic mass is 16.5. The number of ether oxygens (including phenoxy) is 1. The molecule has 2 saturated carbocycles. The minimum Gasteiger partial charge on any atom is -0.393 e. The fourth-order valence-corrected chi connectivity index (χ4v) is 5.48. The average Bonchev–Trinajstić information content (AvgIpc) is 2.81. The van der Waals surface area contributed by atoms with Crippen LogP contribution in [-0.4, -0.2) is 77.9 Å². The van der Waals surface area contributed by atoms with Gasteiger partial charge >= 0.3 is 0 Å². The van der Waals surface area contributed by atoms with Gasteiger partial charge in [-0.3, -0.25) is 9.69 Å². The quantitative estimate of drug-likeness (QED) is 0.583. The van der Waals surface area contributed by atoms with Crippen LogP contribution in [0, 0.1) is 11.8 Å². The number of piperazine rings is 1. The second kappa shape index (κ2) is 11.5. The van der Waals surface area contributed by atoms with Crippen molar-refractivity contribution in [1.29, 1.82) is 0 Å². The van der Waals surface area contributed by atoms with Crippen molar-refractivity contribution < 1.29 is 14.6 Å². The molecule has 2 aliphatic carbocycles. The number of anilines is 1. The van der Waals surface area contributed by atoms with Gasteiger partial charge in [-0.25, -0.2) is 9.97 Å². The molecule has 1 saturated heterocycles. The molecule has 0 aromatic carbocycles. The Labute approximate surface area is 210 Å². The summed E-state index contributed by atoms with van der Waals surface area (Å²) < 4.78 is 5.35. The van der Waals surface area contributed by atoms with Crippen LogP contribution < -0.4 is 10.2 Å². The molecule has 2 heterocycles. The molecule has 3 fully saturated rings. The van der Waals surface area contributed by atoms with Gasteiger partial charge in [-0.15, -0.1) is 0 Å². The summed E-state index contributed by atoms with van der Waals surface area (Å²) in [6.07, 6.45) is 6.84. The first-order valence-electron chi connectivity index (χ1n) is 13.5. The Balaban J connectivity index is 1.18. The number of hydrogen-bond donors (Lipinski definition) is 2. The summed E-state index contributed by atoms with van der Waals surface area (Å²) in [6.45, 7) is 12.2. The van der Waals surface area contributed by atoms with Crippen molar-refractivity contribution in [3.63, 3.8) is 0 Å². The molecule has 196 valence electrons. The first-order chi connectivity index (χ1) is 16.7. The third-order valence-corrected chi connectivity index (χ3v) is 7.96. The van der Waals surface area contributed by atoms with Gasteiger partial charge in [-0.2, -0.15) is 0 Å². The first-order valence-corrected chi connectivity index (χ1v) is 13.5. The summed E-state index contributed by atoms with van der Waals surface area (Å²) in [7, 11) is 1.71. The second-order valence-corrected chi connectivity index (χ2v) is 11.9. The maximum absolute atomic E-state index is 12.3. The molecule has 8 heteroatoms. The van der Waals surface area contributed by atoms with Crippen molar-refractivity contribution in [1.82, 2.24) is 20.2 Å². The van der Waals surface area contributed by atoms with Gasteiger partial charge in [-0.1, -0.05) is 20.8 Å². The fraction of sp³-hybridized carbons (Fsp3) is 0.815.